The number of anilines is 2. The Labute approximate surface area is 122 Å². The van der Waals surface area contributed by atoms with Crippen molar-refractivity contribution >= 4 is 44.8 Å². The van der Waals surface area contributed by atoms with Crippen LogP contribution in [0, 0.1) is 5.82 Å². The lowest BCUT2D eigenvalue weighted by molar-refractivity contribution is 0.102. The lowest BCUT2D eigenvalue weighted by Gasteiger charge is -2.08. The summed E-state index contributed by atoms with van der Waals surface area (Å²) in [5, 5.41) is 3.03. The number of hydrogen-bond acceptors (Lipinski definition) is 2. The topological polar surface area (TPSA) is 55.1 Å². The van der Waals surface area contributed by atoms with Gasteiger partial charge >= 0.3 is 0 Å². The fraction of sp³-hybridized carbons (Fsp3) is 0. The largest absolute Gasteiger partial charge is 0.397 e. The number of carbonyl (C=O) groups excluding carboxylic acids is 1. The monoisotopic (exact) mass is 342 g/mol. The van der Waals surface area contributed by atoms with Crippen LogP contribution in [0.1, 0.15) is 10.4 Å². The van der Waals surface area contributed by atoms with Gasteiger partial charge in [-0.1, -0.05) is 11.6 Å². The van der Waals surface area contributed by atoms with E-state index in [1.54, 1.807) is 12.1 Å². The lowest BCUT2D eigenvalue weighted by atomic mass is 10.2. The first-order valence-electron chi connectivity index (χ1n) is 5.29. The zero-order valence-corrected chi connectivity index (χ0v) is 11.9. The van der Waals surface area contributed by atoms with E-state index in [0.717, 1.165) is 6.07 Å². The minimum absolute atomic E-state index is 0.163. The molecule has 0 unspecified atom stereocenters. The van der Waals surface area contributed by atoms with Crippen LogP contribution >= 0.6 is 27.5 Å². The van der Waals surface area contributed by atoms with Gasteiger partial charge in [0.2, 0.25) is 0 Å². The van der Waals surface area contributed by atoms with Gasteiger partial charge in [0.1, 0.15) is 5.82 Å². The number of benzene rings is 2. The van der Waals surface area contributed by atoms with E-state index in [9.17, 15) is 9.18 Å². The van der Waals surface area contributed by atoms with Gasteiger partial charge in [-0.05, 0) is 52.3 Å². The lowest BCUT2D eigenvalue weighted by Crippen LogP contribution is -2.13. The Balaban J connectivity index is 2.23. The van der Waals surface area contributed by atoms with Gasteiger partial charge in [0.05, 0.1) is 16.4 Å². The molecule has 2 aromatic rings. The SMILES string of the molecule is Nc1cc(F)ccc1NC(=O)c1ccc(Br)c(Cl)c1. The molecular formula is C13H9BrClFN2O. The molecule has 2 aromatic carbocycles. The van der Waals surface area contributed by atoms with Crippen molar-refractivity contribution in [2.75, 3.05) is 11.1 Å². The minimum atomic E-state index is -0.456. The Morgan fingerprint density at radius 2 is 2.00 bits per heavy atom. The summed E-state index contributed by atoms with van der Waals surface area (Å²) in [6.45, 7) is 0. The molecule has 0 spiro atoms. The van der Waals surface area contributed by atoms with E-state index in [4.69, 9.17) is 17.3 Å². The molecule has 3 nitrogen and oxygen atoms in total. The predicted molar refractivity (Wildman–Crippen MR) is 77.9 cm³/mol. The van der Waals surface area contributed by atoms with Gasteiger partial charge in [-0.3, -0.25) is 4.79 Å². The minimum Gasteiger partial charge on any atom is -0.397 e. The highest BCUT2D eigenvalue weighted by molar-refractivity contribution is 9.10. The molecule has 0 aliphatic heterocycles. The van der Waals surface area contributed by atoms with Crippen LogP contribution in [0.5, 0.6) is 0 Å². The number of nitrogen functional groups attached to an aromatic ring is 1. The Hall–Kier alpha value is -1.59. The highest BCUT2D eigenvalue weighted by Crippen LogP contribution is 2.24. The van der Waals surface area contributed by atoms with Gasteiger partial charge < -0.3 is 11.1 Å². The molecular weight excluding hydrogens is 335 g/mol. The van der Waals surface area contributed by atoms with Crippen molar-refractivity contribution in [3.8, 4) is 0 Å². The van der Waals surface area contributed by atoms with Gasteiger partial charge in [-0.15, -0.1) is 0 Å². The van der Waals surface area contributed by atoms with Gasteiger partial charge in [0.15, 0.2) is 0 Å². The second-order valence-corrected chi connectivity index (χ2v) is 5.08. The van der Waals surface area contributed by atoms with Crippen molar-refractivity contribution < 1.29 is 9.18 Å². The number of halogens is 3. The smallest absolute Gasteiger partial charge is 0.255 e. The summed E-state index contributed by atoms with van der Waals surface area (Å²) in [6, 6.07) is 8.59. The third-order valence-corrected chi connectivity index (χ3v) is 3.68. The molecule has 0 heterocycles. The first kappa shape index (κ1) is 13.8. The second kappa shape index (κ2) is 5.59. The standard InChI is InChI=1S/C13H9BrClFN2O/c14-9-3-1-7(5-10(9)15)13(19)18-12-4-2-8(16)6-11(12)17/h1-6H,17H2,(H,18,19). The van der Waals surface area contributed by atoms with Gasteiger partial charge in [0, 0.05) is 10.0 Å². The highest BCUT2D eigenvalue weighted by Gasteiger charge is 2.10. The maximum atomic E-state index is 12.9. The van der Waals surface area contributed by atoms with Crippen LogP contribution in [-0.4, -0.2) is 5.91 Å². The molecule has 0 bridgehead atoms. The van der Waals surface area contributed by atoms with E-state index >= 15 is 0 Å². The predicted octanol–water partition coefficient (Wildman–Crippen LogP) is 4.08. The van der Waals surface area contributed by atoms with Crippen LogP contribution in [-0.2, 0) is 0 Å². The van der Waals surface area contributed by atoms with Crippen molar-refractivity contribution in [1.82, 2.24) is 0 Å². The van der Waals surface area contributed by atoms with Crippen molar-refractivity contribution in [3.05, 3.63) is 57.3 Å². The number of carbonyl (C=O) groups is 1. The van der Waals surface area contributed by atoms with Crippen LogP contribution in [0.3, 0.4) is 0 Å². The maximum absolute atomic E-state index is 12.9. The van der Waals surface area contributed by atoms with Crippen LogP contribution in [0.25, 0.3) is 0 Å². The van der Waals surface area contributed by atoms with Crippen LogP contribution in [0.2, 0.25) is 5.02 Å². The van der Waals surface area contributed by atoms with Crippen molar-refractivity contribution in [1.29, 1.82) is 0 Å². The summed E-state index contributed by atoms with van der Waals surface area (Å²) in [7, 11) is 0. The maximum Gasteiger partial charge on any atom is 0.255 e. The van der Waals surface area contributed by atoms with Crippen molar-refractivity contribution in [2.45, 2.75) is 0 Å². The normalized spacial score (nSPS) is 10.3. The second-order valence-electron chi connectivity index (χ2n) is 3.81. The van der Waals surface area contributed by atoms with E-state index in [-0.39, 0.29) is 11.6 Å². The third kappa shape index (κ3) is 3.24. The van der Waals surface area contributed by atoms with Gasteiger partial charge in [0.25, 0.3) is 5.91 Å². The summed E-state index contributed by atoms with van der Waals surface area (Å²) in [6.07, 6.45) is 0. The molecule has 0 aliphatic rings. The van der Waals surface area contributed by atoms with Crippen LogP contribution in [0.4, 0.5) is 15.8 Å². The zero-order chi connectivity index (χ0) is 14.0. The van der Waals surface area contributed by atoms with E-state index in [2.05, 4.69) is 21.2 Å². The molecule has 3 N–H and O–H groups in total. The summed E-state index contributed by atoms with van der Waals surface area (Å²) in [5.41, 5.74) is 6.52. The average molecular weight is 344 g/mol. The molecule has 0 saturated carbocycles. The molecule has 6 heteroatoms. The third-order valence-electron chi connectivity index (χ3n) is 2.44. The van der Waals surface area contributed by atoms with Crippen molar-refractivity contribution in [2.24, 2.45) is 0 Å². The molecule has 0 aromatic heterocycles. The Bertz CT molecular complexity index is 649. The molecule has 2 rings (SSSR count). The molecule has 0 radical (unpaired) electrons. The Morgan fingerprint density at radius 1 is 1.26 bits per heavy atom. The highest BCUT2D eigenvalue weighted by atomic mass is 79.9. The molecule has 1 amide bonds. The van der Waals surface area contributed by atoms with Gasteiger partial charge in [-0.25, -0.2) is 4.39 Å². The number of nitrogens with two attached hydrogens (primary N) is 1. The number of rotatable bonds is 2. The Kier molecular flexibility index (Phi) is 4.07. The molecule has 0 aliphatic carbocycles. The van der Waals surface area contributed by atoms with Gasteiger partial charge in [-0.2, -0.15) is 0 Å². The van der Waals surface area contributed by atoms with E-state index in [0.29, 0.717) is 20.7 Å². The number of hydrogen-bond donors (Lipinski definition) is 2. The molecule has 19 heavy (non-hydrogen) atoms. The Morgan fingerprint density at radius 3 is 2.63 bits per heavy atom. The average Bonchev–Trinajstić information content (AvgIpc) is 2.36. The zero-order valence-electron chi connectivity index (χ0n) is 9.58. The summed E-state index contributed by atoms with van der Waals surface area (Å²) in [5.74, 6) is -0.824. The first-order chi connectivity index (χ1) is 8.97. The fourth-order valence-corrected chi connectivity index (χ4v) is 1.91. The number of nitrogens with one attached hydrogen (secondary N) is 1. The quantitative estimate of drug-likeness (QED) is 0.807. The molecule has 0 saturated heterocycles. The van der Waals surface area contributed by atoms with Crippen LogP contribution < -0.4 is 11.1 Å². The molecule has 0 atom stereocenters. The van der Waals surface area contributed by atoms with Crippen molar-refractivity contribution in [3.63, 3.8) is 0 Å². The molecule has 0 fully saturated rings. The molecule has 98 valence electrons. The summed E-state index contributed by atoms with van der Waals surface area (Å²) < 4.78 is 13.6. The van der Waals surface area contributed by atoms with E-state index < -0.39 is 5.82 Å². The number of amides is 1. The summed E-state index contributed by atoms with van der Waals surface area (Å²) >= 11 is 9.15. The van der Waals surface area contributed by atoms with Crippen LogP contribution in [0.15, 0.2) is 40.9 Å². The summed E-state index contributed by atoms with van der Waals surface area (Å²) in [4.78, 5) is 12.0. The van der Waals surface area contributed by atoms with E-state index in [1.807, 2.05) is 0 Å². The van der Waals surface area contributed by atoms with E-state index in [1.165, 1.54) is 18.2 Å². The first-order valence-corrected chi connectivity index (χ1v) is 6.46. The fourth-order valence-electron chi connectivity index (χ4n) is 1.48.